The second-order valence-corrected chi connectivity index (χ2v) is 8.10. The fraction of sp³-hybridized carbons (Fsp3) is 0.300. The van der Waals surface area contributed by atoms with E-state index in [1.807, 2.05) is 28.1 Å². The molecule has 8 nitrogen and oxygen atoms in total. The van der Waals surface area contributed by atoms with Gasteiger partial charge in [-0.3, -0.25) is 0 Å². The number of aliphatic hydroxyl groups is 3. The Morgan fingerprint density at radius 2 is 1.97 bits per heavy atom. The minimum Gasteiger partial charge on any atom is -0.394 e. The van der Waals surface area contributed by atoms with Crippen molar-refractivity contribution in [3.63, 3.8) is 0 Å². The van der Waals surface area contributed by atoms with E-state index < -0.39 is 24.4 Å². The standard InChI is InChI=1S/C20H20N4O4S/c21-19-16-11-6-10(15-2-1-5-29-15)3-4-12(11)24(20(16)23-9-22-19)7-13-17(26)18(27)14(8-25)28-13/h1-6,9,13-14,17-18,25-27H,7-8H2,(H2,21,22,23)/t13-,14+,17-,18+/m0/s1. The second-order valence-electron chi connectivity index (χ2n) is 7.15. The fourth-order valence-corrected chi connectivity index (χ4v) is 4.75. The van der Waals surface area contributed by atoms with Crippen LogP contribution in [0.4, 0.5) is 5.82 Å². The van der Waals surface area contributed by atoms with Gasteiger partial charge in [0.25, 0.3) is 0 Å². The van der Waals surface area contributed by atoms with E-state index in [1.54, 1.807) is 11.3 Å². The van der Waals surface area contributed by atoms with Gasteiger partial charge in [0.1, 0.15) is 42.2 Å². The Labute approximate surface area is 169 Å². The molecular weight excluding hydrogens is 392 g/mol. The van der Waals surface area contributed by atoms with Crippen molar-refractivity contribution in [1.82, 2.24) is 14.5 Å². The highest BCUT2D eigenvalue weighted by molar-refractivity contribution is 7.13. The van der Waals surface area contributed by atoms with E-state index in [0.29, 0.717) is 11.5 Å². The lowest BCUT2D eigenvalue weighted by molar-refractivity contribution is -0.0259. The molecule has 1 aliphatic rings. The number of rotatable bonds is 4. The molecule has 0 aliphatic carbocycles. The van der Waals surface area contributed by atoms with Crippen LogP contribution in [0.25, 0.3) is 32.4 Å². The van der Waals surface area contributed by atoms with Crippen LogP contribution in [0.1, 0.15) is 0 Å². The molecule has 0 amide bonds. The summed E-state index contributed by atoms with van der Waals surface area (Å²) in [5, 5.41) is 33.5. The van der Waals surface area contributed by atoms with Gasteiger partial charge in [-0.1, -0.05) is 12.1 Å². The molecule has 4 atom stereocenters. The van der Waals surface area contributed by atoms with Crippen molar-refractivity contribution in [2.24, 2.45) is 0 Å². The number of hydrogen-bond donors (Lipinski definition) is 4. The number of nitrogens with two attached hydrogens (primary N) is 1. The summed E-state index contributed by atoms with van der Waals surface area (Å²) < 4.78 is 7.59. The van der Waals surface area contributed by atoms with E-state index in [0.717, 1.165) is 26.7 Å². The van der Waals surface area contributed by atoms with Gasteiger partial charge in [-0.15, -0.1) is 11.3 Å². The molecule has 3 aromatic heterocycles. The van der Waals surface area contributed by atoms with Crippen LogP contribution in [0, 0.1) is 0 Å². The molecule has 150 valence electrons. The molecule has 29 heavy (non-hydrogen) atoms. The third-order valence-corrected chi connectivity index (χ3v) is 6.40. The van der Waals surface area contributed by atoms with Crippen molar-refractivity contribution in [3.05, 3.63) is 42.0 Å². The molecule has 4 heterocycles. The van der Waals surface area contributed by atoms with Crippen molar-refractivity contribution in [2.75, 3.05) is 12.3 Å². The quantitative estimate of drug-likeness (QED) is 0.399. The summed E-state index contributed by atoms with van der Waals surface area (Å²) in [6.07, 6.45) is -2.33. The van der Waals surface area contributed by atoms with E-state index >= 15 is 0 Å². The van der Waals surface area contributed by atoms with Gasteiger partial charge < -0.3 is 30.4 Å². The molecule has 5 rings (SSSR count). The SMILES string of the molecule is Nc1ncnc2c1c1cc(-c3cccs3)ccc1n2C[C@@H]1O[C@H](CO)[C@@H](O)[C@H]1O. The van der Waals surface area contributed by atoms with Gasteiger partial charge >= 0.3 is 0 Å². The van der Waals surface area contributed by atoms with E-state index in [9.17, 15) is 15.3 Å². The average Bonchev–Trinajstić information content (AvgIpc) is 3.43. The topological polar surface area (TPSA) is 127 Å². The number of nitrogen functional groups attached to an aromatic ring is 1. The third kappa shape index (κ3) is 2.90. The van der Waals surface area contributed by atoms with Gasteiger partial charge in [0, 0.05) is 10.3 Å². The first-order chi connectivity index (χ1) is 14.1. The molecule has 1 saturated heterocycles. The Kier molecular flexibility index (Phi) is 4.49. The number of thiophene rings is 1. The molecule has 4 aromatic rings. The van der Waals surface area contributed by atoms with Crippen LogP contribution in [0.5, 0.6) is 0 Å². The molecular formula is C20H20N4O4S. The lowest BCUT2D eigenvalue weighted by Crippen LogP contribution is -2.35. The first-order valence-corrected chi connectivity index (χ1v) is 10.1. The highest BCUT2D eigenvalue weighted by Crippen LogP contribution is 2.36. The predicted molar refractivity (Wildman–Crippen MR) is 111 cm³/mol. The smallest absolute Gasteiger partial charge is 0.146 e. The molecule has 0 saturated carbocycles. The summed E-state index contributed by atoms with van der Waals surface area (Å²) in [7, 11) is 0. The third-order valence-electron chi connectivity index (χ3n) is 5.48. The summed E-state index contributed by atoms with van der Waals surface area (Å²) in [5.41, 5.74) is 8.77. The maximum absolute atomic E-state index is 10.4. The zero-order chi connectivity index (χ0) is 20.1. The largest absolute Gasteiger partial charge is 0.394 e. The molecule has 0 radical (unpaired) electrons. The summed E-state index contributed by atoms with van der Waals surface area (Å²) in [6.45, 7) is -0.106. The van der Waals surface area contributed by atoms with E-state index in [1.165, 1.54) is 6.33 Å². The number of ether oxygens (including phenoxy) is 1. The van der Waals surface area contributed by atoms with Crippen molar-refractivity contribution in [1.29, 1.82) is 0 Å². The average molecular weight is 412 g/mol. The van der Waals surface area contributed by atoms with Crippen LogP contribution >= 0.6 is 11.3 Å². The summed E-state index contributed by atoms with van der Waals surface area (Å²) in [4.78, 5) is 9.72. The number of fused-ring (bicyclic) bond motifs is 3. The Balaban J connectivity index is 1.66. The highest BCUT2D eigenvalue weighted by atomic mass is 32.1. The number of benzene rings is 1. The first-order valence-electron chi connectivity index (χ1n) is 9.27. The minimum absolute atomic E-state index is 0.254. The van der Waals surface area contributed by atoms with Gasteiger partial charge in [0.2, 0.25) is 0 Å². The van der Waals surface area contributed by atoms with E-state index in [2.05, 4.69) is 22.1 Å². The maximum Gasteiger partial charge on any atom is 0.146 e. The minimum atomic E-state index is -1.14. The van der Waals surface area contributed by atoms with Crippen molar-refractivity contribution in [3.8, 4) is 10.4 Å². The predicted octanol–water partition coefficient (Wildman–Crippen LogP) is 1.38. The lowest BCUT2D eigenvalue weighted by Gasteiger charge is -2.17. The van der Waals surface area contributed by atoms with Crippen LogP contribution in [0.15, 0.2) is 42.0 Å². The van der Waals surface area contributed by atoms with Gasteiger partial charge in [-0.25, -0.2) is 9.97 Å². The monoisotopic (exact) mass is 412 g/mol. The first kappa shape index (κ1) is 18.5. The summed E-state index contributed by atoms with van der Waals surface area (Å²) >= 11 is 1.66. The van der Waals surface area contributed by atoms with E-state index in [-0.39, 0.29) is 13.2 Å². The zero-order valence-corrected chi connectivity index (χ0v) is 16.2. The fourth-order valence-electron chi connectivity index (χ4n) is 4.03. The van der Waals surface area contributed by atoms with Crippen molar-refractivity contribution in [2.45, 2.75) is 31.0 Å². The van der Waals surface area contributed by atoms with Crippen LogP contribution in [0.3, 0.4) is 0 Å². The van der Waals surface area contributed by atoms with Crippen LogP contribution < -0.4 is 5.73 Å². The molecule has 0 bridgehead atoms. The molecule has 1 aliphatic heterocycles. The lowest BCUT2D eigenvalue weighted by atomic mass is 10.1. The molecule has 5 N–H and O–H groups in total. The Morgan fingerprint density at radius 1 is 1.14 bits per heavy atom. The second kappa shape index (κ2) is 7.05. The molecule has 0 spiro atoms. The van der Waals surface area contributed by atoms with Gasteiger partial charge in [0.05, 0.1) is 24.1 Å². The molecule has 0 unspecified atom stereocenters. The summed E-state index contributed by atoms with van der Waals surface area (Å²) in [6, 6.07) is 10.2. The summed E-state index contributed by atoms with van der Waals surface area (Å²) in [5.74, 6) is 0.378. The van der Waals surface area contributed by atoms with Crippen molar-refractivity contribution >= 4 is 39.1 Å². The van der Waals surface area contributed by atoms with Gasteiger partial charge in [0.15, 0.2) is 0 Å². The van der Waals surface area contributed by atoms with E-state index in [4.69, 9.17) is 10.5 Å². The number of aliphatic hydroxyl groups excluding tert-OH is 3. The Morgan fingerprint density at radius 3 is 2.69 bits per heavy atom. The molecule has 9 heteroatoms. The van der Waals surface area contributed by atoms with Crippen LogP contribution in [-0.4, -0.2) is 60.9 Å². The molecule has 1 fully saturated rings. The van der Waals surface area contributed by atoms with Gasteiger partial charge in [-0.05, 0) is 29.1 Å². The number of hydrogen-bond acceptors (Lipinski definition) is 8. The molecule has 1 aromatic carbocycles. The van der Waals surface area contributed by atoms with Crippen LogP contribution in [-0.2, 0) is 11.3 Å². The van der Waals surface area contributed by atoms with Gasteiger partial charge in [-0.2, -0.15) is 0 Å². The normalized spacial score (nSPS) is 24.7. The number of aromatic nitrogens is 3. The maximum atomic E-state index is 10.4. The number of nitrogens with zero attached hydrogens (tertiary/aromatic N) is 3. The Bertz CT molecular complexity index is 1180. The zero-order valence-electron chi connectivity index (χ0n) is 15.3. The Hall–Kier alpha value is -2.56. The highest BCUT2D eigenvalue weighted by Gasteiger charge is 2.42. The van der Waals surface area contributed by atoms with Crippen LogP contribution in [0.2, 0.25) is 0 Å². The number of anilines is 1. The van der Waals surface area contributed by atoms with Crippen molar-refractivity contribution < 1.29 is 20.1 Å².